The Morgan fingerprint density at radius 3 is 2.70 bits per heavy atom. The number of benzene rings is 1. The molecular weight excluding hydrogens is 404 g/mol. The Hall–Kier alpha value is -3.20. The molecule has 0 unspecified atom stereocenters. The highest BCUT2D eigenvalue weighted by molar-refractivity contribution is 7.13. The van der Waals surface area contributed by atoms with E-state index >= 15 is 0 Å². The molecule has 2 amide bonds. The molecule has 0 aliphatic rings. The lowest BCUT2D eigenvalue weighted by Crippen LogP contribution is -2.17. The highest BCUT2D eigenvalue weighted by atomic mass is 32.1. The number of carbonyl (C=O) groups is 2. The zero-order valence-electron chi connectivity index (χ0n) is 16.9. The van der Waals surface area contributed by atoms with Crippen LogP contribution in [-0.2, 0) is 16.0 Å². The molecule has 158 valence electrons. The van der Waals surface area contributed by atoms with Crippen LogP contribution >= 0.6 is 11.3 Å². The number of aromatic nitrogens is 2. The number of ether oxygens (including phenoxy) is 1. The van der Waals surface area contributed by atoms with Crippen LogP contribution in [0.5, 0.6) is 0 Å². The summed E-state index contributed by atoms with van der Waals surface area (Å²) in [7, 11) is 0. The van der Waals surface area contributed by atoms with Crippen LogP contribution in [0.2, 0.25) is 0 Å². The molecule has 0 saturated heterocycles. The van der Waals surface area contributed by atoms with E-state index in [0.29, 0.717) is 49.0 Å². The Labute approximate surface area is 178 Å². The highest BCUT2D eigenvalue weighted by Crippen LogP contribution is 2.22. The van der Waals surface area contributed by atoms with Crippen molar-refractivity contribution in [2.45, 2.75) is 33.1 Å². The van der Waals surface area contributed by atoms with Crippen LogP contribution in [0.4, 0.5) is 16.2 Å². The molecule has 30 heavy (non-hydrogen) atoms. The Morgan fingerprint density at radius 2 is 1.97 bits per heavy atom. The van der Waals surface area contributed by atoms with Gasteiger partial charge in [0.15, 0.2) is 0 Å². The SMILES string of the molecule is CC(C)COC(=O)Nc1cccc(NC(=O)CCCc2nc(-c3cccs3)no2)c1. The summed E-state index contributed by atoms with van der Waals surface area (Å²) in [6, 6.07) is 10.8. The molecule has 2 aromatic heterocycles. The topological polar surface area (TPSA) is 106 Å². The van der Waals surface area contributed by atoms with Gasteiger partial charge in [0, 0.05) is 24.2 Å². The van der Waals surface area contributed by atoms with Gasteiger partial charge in [-0.2, -0.15) is 4.98 Å². The van der Waals surface area contributed by atoms with E-state index in [1.807, 2.05) is 31.4 Å². The predicted octanol–water partition coefficient (Wildman–Crippen LogP) is 4.96. The van der Waals surface area contributed by atoms with Crippen LogP contribution in [0, 0.1) is 5.92 Å². The summed E-state index contributed by atoms with van der Waals surface area (Å²) in [5, 5.41) is 11.4. The average molecular weight is 429 g/mol. The number of amides is 2. The number of anilines is 2. The minimum absolute atomic E-state index is 0.132. The van der Waals surface area contributed by atoms with Crippen molar-refractivity contribution in [3.05, 3.63) is 47.7 Å². The molecule has 0 bridgehead atoms. The fraction of sp³-hybridized carbons (Fsp3) is 0.333. The number of nitrogens with one attached hydrogen (secondary N) is 2. The monoisotopic (exact) mass is 428 g/mol. The summed E-state index contributed by atoms with van der Waals surface area (Å²) in [4.78, 5) is 29.3. The van der Waals surface area contributed by atoms with Crippen LogP contribution in [0.1, 0.15) is 32.6 Å². The van der Waals surface area contributed by atoms with Gasteiger partial charge in [0.05, 0.1) is 11.5 Å². The van der Waals surface area contributed by atoms with Crippen LogP contribution in [-0.4, -0.2) is 28.7 Å². The maximum atomic E-state index is 12.2. The predicted molar refractivity (Wildman–Crippen MR) is 115 cm³/mol. The lowest BCUT2D eigenvalue weighted by molar-refractivity contribution is -0.116. The van der Waals surface area contributed by atoms with Gasteiger partial charge in [0.25, 0.3) is 0 Å². The molecule has 2 N–H and O–H groups in total. The second kappa shape index (κ2) is 10.5. The normalized spacial score (nSPS) is 10.8. The summed E-state index contributed by atoms with van der Waals surface area (Å²) in [5.41, 5.74) is 1.15. The van der Waals surface area contributed by atoms with Crippen molar-refractivity contribution in [2.75, 3.05) is 17.2 Å². The standard InChI is InChI=1S/C21H24N4O4S/c1-14(2)13-28-21(27)23-16-7-3-6-15(12-16)22-18(26)9-4-10-19-24-20(25-29-19)17-8-5-11-30-17/h3,5-8,11-12,14H,4,9-10,13H2,1-2H3,(H,22,26)(H,23,27). The Morgan fingerprint density at radius 1 is 1.17 bits per heavy atom. The molecule has 3 rings (SSSR count). The van der Waals surface area contributed by atoms with Crippen LogP contribution in [0.25, 0.3) is 10.7 Å². The molecule has 1 aromatic carbocycles. The molecular formula is C21H24N4O4S. The van der Waals surface area contributed by atoms with E-state index < -0.39 is 6.09 Å². The fourth-order valence-corrected chi connectivity index (χ4v) is 3.21. The van der Waals surface area contributed by atoms with E-state index in [4.69, 9.17) is 9.26 Å². The number of nitrogens with zero attached hydrogens (tertiary/aromatic N) is 2. The number of aryl methyl sites for hydroxylation is 1. The second-order valence-electron chi connectivity index (χ2n) is 7.09. The summed E-state index contributed by atoms with van der Waals surface area (Å²) >= 11 is 1.54. The smallest absolute Gasteiger partial charge is 0.411 e. The molecule has 3 aromatic rings. The highest BCUT2D eigenvalue weighted by Gasteiger charge is 2.11. The van der Waals surface area contributed by atoms with Crippen LogP contribution < -0.4 is 10.6 Å². The van der Waals surface area contributed by atoms with Crippen molar-refractivity contribution in [3.8, 4) is 10.7 Å². The third-order valence-electron chi connectivity index (χ3n) is 3.94. The molecule has 0 atom stereocenters. The largest absolute Gasteiger partial charge is 0.449 e. The van der Waals surface area contributed by atoms with Gasteiger partial charge < -0.3 is 14.6 Å². The first-order chi connectivity index (χ1) is 14.5. The first-order valence-corrected chi connectivity index (χ1v) is 10.6. The molecule has 0 aliphatic carbocycles. The molecule has 2 heterocycles. The van der Waals surface area contributed by atoms with Gasteiger partial charge in [-0.25, -0.2) is 4.79 Å². The molecule has 9 heteroatoms. The lowest BCUT2D eigenvalue weighted by atomic mass is 10.2. The fourth-order valence-electron chi connectivity index (χ4n) is 2.56. The molecule has 0 spiro atoms. The average Bonchev–Trinajstić information content (AvgIpc) is 3.38. The van der Waals surface area contributed by atoms with Crippen molar-refractivity contribution in [1.82, 2.24) is 10.1 Å². The van der Waals surface area contributed by atoms with E-state index in [1.165, 1.54) is 0 Å². The first-order valence-electron chi connectivity index (χ1n) is 9.70. The molecule has 0 radical (unpaired) electrons. The van der Waals surface area contributed by atoms with E-state index in [9.17, 15) is 9.59 Å². The van der Waals surface area contributed by atoms with Crippen molar-refractivity contribution in [3.63, 3.8) is 0 Å². The molecule has 0 saturated carbocycles. The summed E-state index contributed by atoms with van der Waals surface area (Å²) in [6.45, 7) is 4.27. The Kier molecular flexibility index (Phi) is 7.56. The number of rotatable bonds is 9. The van der Waals surface area contributed by atoms with Gasteiger partial charge >= 0.3 is 6.09 Å². The lowest BCUT2D eigenvalue weighted by Gasteiger charge is -2.10. The van der Waals surface area contributed by atoms with Crippen molar-refractivity contribution in [1.29, 1.82) is 0 Å². The molecule has 0 aliphatic heterocycles. The maximum absolute atomic E-state index is 12.2. The Balaban J connectivity index is 1.43. The van der Waals surface area contributed by atoms with Gasteiger partial charge in [0.2, 0.25) is 17.6 Å². The Bertz CT molecular complexity index is 969. The van der Waals surface area contributed by atoms with Gasteiger partial charge in [0.1, 0.15) is 0 Å². The molecule has 0 fully saturated rings. The number of hydrogen-bond donors (Lipinski definition) is 2. The maximum Gasteiger partial charge on any atom is 0.411 e. The van der Waals surface area contributed by atoms with E-state index in [2.05, 4.69) is 20.8 Å². The quantitative estimate of drug-likeness (QED) is 0.499. The van der Waals surface area contributed by atoms with E-state index in [0.717, 1.165) is 4.88 Å². The number of carbonyl (C=O) groups excluding carboxylic acids is 2. The second-order valence-corrected chi connectivity index (χ2v) is 8.04. The van der Waals surface area contributed by atoms with Crippen molar-refractivity contribution in [2.24, 2.45) is 5.92 Å². The number of thiophene rings is 1. The summed E-state index contributed by atoms with van der Waals surface area (Å²) in [6.07, 6.45) is 0.894. The third kappa shape index (κ3) is 6.70. The van der Waals surface area contributed by atoms with Crippen molar-refractivity contribution >= 4 is 34.7 Å². The summed E-state index contributed by atoms with van der Waals surface area (Å²) in [5.74, 6) is 1.21. The molecule has 8 nitrogen and oxygen atoms in total. The van der Waals surface area contributed by atoms with Crippen LogP contribution in [0.15, 0.2) is 46.3 Å². The minimum atomic E-state index is -0.520. The minimum Gasteiger partial charge on any atom is -0.449 e. The van der Waals surface area contributed by atoms with Gasteiger partial charge in [-0.3, -0.25) is 10.1 Å². The van der Waals surface area contributed by atoms with Gasteiger partial charge in [-0.15, -0.1) is 11.3 Å². The zero-order chi connectivity index (χ0) is 21.3. The first kappa shape index (κ1) is 21.5. The van der Waals surface area contributed by atoms with E-state index in [-0.39, 0.29) is 11.8 Å². The third-order valence-corrected chi connectivity index (χ3v) is 4.81. The van der Waals surface area contributed by atoms with E-state index in [1.54, 1.807) is 35.6 Å². The summed E-state index contributed by atoms with van der Waals surface area (Å²) < 4.78 is 10.3. The number of hydrogen-bond acceptors (Lipinski definition) is 7. The van der Waals surface area contributed by atoms with Gasteiger partial charge in [-0.05, 0) is 42.0 Å². The van der Waals surface area contributed by atoms with Gasteiger partial charge in [-0.1, -0.05) is 31.1 Å². The zero-order valence-corrected chi connectivity index (χ0v) is 17.7. The van der Waals surface area contributed by atoms with Crippen molar-refractivity contribution < 1.29 is 18.8 Å². The van der Waals surface area contributed by atoms with Crippen LogP contribution in [0.3, 0.4) is 0 Å².